The molecule has 1 aromatic carbocycles. The molecule has 112 valence electrons. The quantitative estimate of drug-likeness (QED) is 0.938. The van der Waals surface area contributed by atoms with Gasteiger partial charge in [-0.15, -0.1) is 10.2 Å². The topological polar surface area (TPSA) is 66.0 Å². The maximum absolute atomic E-state index is 5.92. The summed E-state index contributed by atoms with van der Waals surface area (Å²) < 4.78 is 8.11. The maximum Gasteiger partial charge on any atom is 0.171 e. The molecule has 1 aliphatic rings. The van der Waals surface area contributed by atoms with E-state index >= 15 is 0 Å². The summed E-state index contributed by atoms with van der Waals surface area (Å²) >= 11 is 0. The van der Waals surface area contributed by atoms with Crippen LogP contribution in [-0.4, -0.2) is 14.8 Å². The van der Waals surface area contributed by atoms with Gasteiger partial charge in [-0.3, -0.25) is 0 Å². The number of hydrogen-bond acceptors (Lipinski definition) is 4. The summed E-state index contributed by atoms with van der Waals surface area (Å²) in [5.41, 5.74) is 8.12. The molecule has 0 aliphatic carbocycles. The van der Waals surface area contributed by atoms with Crippen LogP contribution in [0.4, 0.5) is 0 Å². The summed E-state index contributed by atoms with van der Waals surface area (Å²) in [6.07, 6.45) is 3.42. The predicted octanol–water partition coefficient (Wildman–Crippen LogP) is 2.52. The zero-order chi connectivity index (χ0) is 14.8. The molecule has 2 aromatic rings. The highest BCUT2D eigenvalue weighted by Crippen LogP contribution is 2.23. The Labute approximate surface area is 125 Å². The van der Waals surface area contributed by atoms with E-state index in [-0.39, 0.29) is 6.04 Å². The average molecular weight is 286 g/mol. The molecular weight excluding hydrogens is 264 g/mol. The van der Waals surface area contributed by atoms with Crippen LogP contribution in [0.2, 0.25) is 0 Å². The minimum absolute atomic E-state index is 0.0428. The van der Waals surface area contributed by atoms with E-state index in [0.29, 0.717) is 6.61 Å². The Kier molecular flexibility index (Phi) is 3.92. The molecule has 0 fully saturated rings. The van der Waals surface area contributed by atoms with Crippen molar-refractivity contribution in [2.75, 3.05) is 0 Å². The lowest BCUT2D eigenvalue weighted by atomic mass is 10.1. The van der Waals surface area contributed by atoms with E-state index in [2.05, 4.69) is 20.8 Å². The van der Waals surface area contributed by atoms with Gasteiger partial charge in [0.1, 0.15) is 18.2 Å². The van der Waals surface area contributed by atoms with Crippen LogP contribution in [0, 0.1) is 6.92 Å². The van der Waals surface area contributed by atoms with Gasteiger partial charge < -0.3 is 15.0 Å². The van der Waals surface area contributed by atoms with Crippen molar-refractivity contribution in [3.63, 3.8) is 0 Å². The minimum atomic E-state index is 0.0428. The Hall–Kier alpha value is -1.88. The van der Waals surface area contributed by atoms with Crippen LogP contribution in [0.15, 0.2) is 18.2 Å². The van der Waals surface area contributed by atoms with Crippen LogP contribution in [0.3, 0.4) is 0 Å². The van der Waals surface area contributed by atoms with Gasteiger partial charge in [0.25, 0.3) is 0 Å². The van der Waals surface area contributed by atoms with Gasteiger partial charge >= 0.3 is 0 Å². The highest BCUT2D eigenvalue weighted by molar-refractivity contribution is 5.37. The van der Waals surface area contributed by atoms with Crippen LogP contribution in [0.1, 0.15) is 48.6 Å². The number of hydrogen-bond donors (Lipinski definition) is 1. The molecule has 0 saturated heterocycles. The Bertz CT molecular complexity index is 633. The third kappa shape index (κ3) is 2.93. The molecule has 0 bridgehead atoms. The number of aryl methyl sites for hydroxylation is 2. The molecule has 21 heavy (non-hydrogen) atoms. The van der Waals surface area contributed by atoms with Crippen molar-refractivity contribution >= 4 is 0 Å². The monoisotopic (exact) mass is 286 g/mol. The zero-order valence-electron chi connectivity index (χ0n) is 12.7. The number of nitrogens with two attached hydrogens (primary N) is 1. The fourth-order valence-corrected chi connectivity index (χ4v) is 2.74. The van der Waals surface area contributed by atoms with Crippen molar-refractivity contribution < 1.29 is 4.74 Å². The van der Waals surface area contributed by atoms with Crippen LogP contribution in [0.25, 0.3) is 0 Å². The molecular formula is C16H22N4O. The number of rotatable bonds is 4. The Morgan fingerprint density at radius 2 is 2.19 bits per heavy atom. The summed E-state index contributed by atoms with van der Waals surface area (Å²) in [4.78, 5) is 0. The molecule has 1 aliphatic heterocycles. The molecule has 5 heteroatoms. The number of ether oxygens (including phenoxy) is 1. The average Bonchev–Trinajstić information content (AvgIpc) is 2.89. The van der Waals surface area contributed by atoms with Gasteiger partial charge in [-0.1, -0.05) is 12.1 Å². The minimum Gasteiger partial charge on any atom is -0.485 e. The first-order valence-corrected chi connectivity index (χ1v) is 7.55. The number of nitrogens with zero attached hydrogens (tertiary/aromatic N) is 3. The first-order valence-electron chi connectivity index (χ1n) is 7.55. The predicted molar refractivity (Wildman–Crippen MR) is 81.1 cm³/mol. The second-order valence-electron chi connectivity index (χ2n) is 5.74. The molecule has 0 unspecified atom stereocenters. The highest BCUT2D eigenvalue weighted by Gasteiger charge is 2.16. The van der Waals surface area contributed by atoms with Gasteiger partial charge in [-0.25, -0.2) is 0 Å². The van der Waals surface area contributed by atoms with Crippen molar-refractivity contribution in [2.45, 2.75) is 52.3 Å². The number of aromatic nitrogens is 3. The van der Waals surface area contributed by atoms with E-state index in [0.717, 1.165) is 41.5 Å². The number of benzene rings is 1. The Balaban J connectivity index is 1.72. The summed E-state index contributed by atoms with van der Waals surface area (Å²) in [6, 6.07) is 6.13. The van der Waals surface area contributed by atoms with Gasteiger partial charge in [-0.2, -0.15) is 0 Å². The van der Waals surface area contributed by atoms with E-state index in [9.17, 15) is 0 Å². The van der Waals surface area contributed by atoms with Gasteiger partial charge in [0.2, 0.25) is 0 Å². The third-order valence-electron chi connectivity index (χ3n) is 4.02. The Morgan fingerprint density at radius 3 is 2.95 bits per heavy atom. The molecule has 1 atom stereocenters. The van der Waals surface area contributed by atoms with Crippen molar-refractivity contribution in [1.29, 1.82) is 0 Å². The van der Waals surface area contributed by atoms with Crippen molar-refractivity contribution in [3.8, 4) is 5.75 Å². The molecule has 0 amide bonds. The van der Waals surface area contributed by atoms with Crippen LogP contribution >= 0.6 is 0 Å². The van der Waals surface area contributed by atoms with Crippen molar-refractivity contribution in [3.05, 3.63) is 41.0 Å². The van der Waals surface area contributed by atoms with E-state index in [1.807, 2.05) is 26.0 Å². The van der Waals surface area contributed by atoms with Crippen molar-refractivity contribution in [2.24, 2.45) is 5.73 Å². The fraction of sp³-hybridized carbons (Fsp3) is 0.500. The molecule has 3 rings (SSSR count). The SMILES string of the molecule is Cc1cc([C@@H](C)N)ccc1OCc1nnc2n1CCCC2. The molecule has 0 radical (unpaired) electrons. The van der Waals surface area contributed by atoms with Gasteiger partial charge in [0, 0.05) is 19.0 Å². The smallest absolute Gasteiger partial charge is 0.171 e. The first kappa shape index (κ1) is 14.1. The van der Waals surface area contributed by atoms with Crippen LogP contribution in [0.5, 0.6) is 5.75 Å². The summed E-state index contributed by atoms with van der Waals surface area (Å²) in [5, 5.41) is 8.50. The van der Waals surface area contributed by atoms with Gasteiger partial charge in [0.15, 0.2) is 5.82 Å². The lowest BCUT2D eigenvalue weighted by Crippen LogP contribution is -2.14. The number of fused-ring (bicyclic) bond motifs is 1. The van der Waals surface area contributed by atoms with E-state index in [4.69, 9.17) is 10.5 Å². The standard InChI is InChI=1S/C16H22N4O/c1-11-9-13(12(2)17)6-7-14(11)21-10-16-19-18-15-5-3-4-8-20(15)16/h6-7,9,12H,3-5,8,10,17H2,1-2H3/t12-/m1/s1. The third-order valence-corrected chi connectivity index (χ3v) is 4.02. The molecule has 2 heterocycles. The Morgan fingerprint density at radius 1 is 1.33 bits per heavy atom. The summed E-state index contributed by atoms with van der Waals surface area (Å²) in [7, 11) is 0. The lowest BCUT2D eigenvalue weighted by Gasteiger charge is -2.16. The van der Waals surface area contributed by atoms with E-state index < -0.39 is 0 Å². The van der Waals surface area contributed by atoms with Crippen LogP contribution in [-0.2, 0) is 19.6 Å². The van der Waals surface area contributed by atoms with Crippen LogP contribution < -0.4 is 10.5 Å². The second kappa shape index (κ2) is 5.85. The van der Waals surface area contributed by atoms with E-state index in [1.165, 1.54) is 12.8 Å². The molecule has 0 saturated carbocycles. The summed E-state index contributed by atoms with van der Waals surface area (Å²) in [6.45, 7) is 5.49. The van der Waals surface area contributed by atoms with E-state index in [1.54, 1.807) is 0 Å². The molecule has 1 aromatic heterocycles. The zero-order valence-corrected chi connectivity index (χ0v) is 12.7. The second-order valence-corrected chi connectivity index (χ2v) is 5.74. The first-order chi connectivity index (χ1) is 10.1. The fourth-order valence-electron chi connectivity index (χ4n) is 2.74. The maximum atomic E-state index is 5.92. The summed E-state index contributed by atoms with van der Waals surface area (Å²) in [5.74, 6) is 2.89. The van der Waals surface area contributed by atoms with Gasteiger partial charge in [-0.05, 0) is 43.9 Å². The molecule has 2 N–H and O–H groups in total. The normalized spacial score (nSPS) is 15.6. The molecule has 0 spiro atoms. The largest absolute Gasteiger partial charge is 0.485 e. The van der Waals surface area contributed by atoms with Gasteiger partial charge in [0.05, 0.1) is 0 Å². The van der Waals surface area contributed by atoms with Crippen molar-refractivity contribution in [1.82, 2.24) is 14.8 Å². The highest BCUT2D eigenvalue weighted by atomic mass is 16.5. The lowest BCUT2D eigenvalue weighted by molar-refractivity contribution is 0.284. The molecule has 5 nitrogen and oxygen atoms in total.